The van der Waals surface area contributed by atoms with Gasteiger partial charge in [-0.15, -0.1) is 5.10 Å². The van der Waals surface area contributed by atoms with Gasteiger partial charge >= 0.3 is 5.97 Å². The van der Waals surface area contributed by atoms with Crippen LogP contribution in [0.25, 0.3) is 0 Å². The van der Waals surface area contributed by atoms with Crippen LogP contribution in [-0.2, 0) is 4.79 Å². The highest BCUT2D eigenvalue weighted by Gasteiger charge is 2.24. The molecule has 0 aliphatic heterocycles. The Bertz CT molecular complexity index is 283. The maximum Gasteiger partial charge on any atom is 0.314 e. The number of hydrogen-bond acceptors (Lipinski definition) is 5. The van der Waals surface area contributed by atoms with Crippen LogP contribution in [-0.4, -0.2) is 28.0 Å². The van der Waals surface area contributed by atoms with Crippen LogP contribution in [0.4, 0.5) is 0 Å². The van der Waals surface area contributed by atoms with Crippen LogP contribution in [0.5, 0.6) is 0 Å². The summed E-state index contributed by atoms with van der Waals surface area (Å²) in [6.07, 6.45) is 0. The number of rotatable bonds is 3. The van der Waals surface area contributed by atoms with E-state index >= 15 is 0 Å². The number of aromatic nitrogens is 2. The zero-order valence-corrected chi connectivity index (χ0v) is 6.52. The third-order valence-corrected chi connectivity index (χ3v) is 1.55. The van der Waals surface area contributed by atoms with Gasteiger partial charge in [0.1, 0.15) is 11.6 Å². The van der Waals surface area contributed by atoms with Crippen LogP contribution in [0.3, 0.4) is 0 Å². The van der Waals surface area contributed by atoms with E-state index in [1.807, 2.05) is 0 Å². The minimum Gasteiger partial charge on any atom is -0.481 e. The Morgan fingerprint density at radius 1 is 1.83 bits per heavy atom. The smallest absolute Gasteiger partial charge is 0.314 e. The Hall–Kier alpha value is -1.43. The molecule has 0 aromatic carbocycles. The van der Waals surface area contributed by atoms with Gasteiger partial charge < -0.3 is 15.4 Å². The third-order valence-electron chi connectivity index (χ3n) is 1.55. The number of carboxylic acid groups (broad SMARTS) is 1. The van der Waals surface area contributed by atoms with Crippen molar-refractivity contribution < 1.29 is 14.4 Å². The van der Waals surface area contributed by atoms with Gasteiger partial charge in [-0.3, -0.25) is 4.79 Å². The second-order valence-corrected chi connectivity index (χ2v) is 2.34. The summed E-state index contributed by atoms with van der Waals surface area (Å²) in [4.78, 5) is 10.6. The molecule has 0 aliphatic rings. The highest BCUT2D eigenvalue weighted by Crippen LogP contribution is 2.15. The monoisotopic (exact) mass is 171 g/mol. The summed E-state index contributed by atoms with van der Waals surface area (Å²) in [6.45, 7) is 1.59. The molecule has 0 radical (unpaired) electrons. The Morgan fingerprint density at radius 2 is 2.50 bits per heavy atom. The number of carbonyl (C=O) groups is 1. The first-order valence-corrected chi connectivity index (χ1v) is 3.38. The molecule has 0 aliphatic carbocycles. The molecule has 12 heavy (non-hydrogen) atoms. The first-order valence-electron chi connectivity index (χ1n) is 3.38. The molecule has 1 rings (SSSR count). The van der Waals surface area contributed by atoms with Crippen LogP contribution < -0.4 is 5.73 Å². The van der Waals surface area contributed by atoms with Gasteiger partial charge in [0.05, 0.1) is 0 Å². The normalized spacial score (nSPS) is 12.8. The highest BCUT2D eigenvalue weighted by molar-refractivity contribution is 5.75. The summed E-state index contributed by atoms with van der Waals surface area (Å²) in [6, 6.07) is 0. The lowest BCUT2D eigenvalue weighted by atomic mass is 10.1. The fourth-order valence-corrected chi connectivity index (χ4v) is 0.887. The van der Waals surface area contributed by atoms with E-state index in [1.54, 1.807) is 6.92 Å². The number of nitrogens with two attached hydrogens (primary N) is 1. The summed E-state index contributed by atoms with van der Waals surface area (Å²) >= 11 is 0. The Balaban J connectivity index is 2.94. The molecule has 1 aromatic heterocycles. The quantitative estimate of drug-likeness (QED) is 0.635. The molecule has 0 spiro atoms. The van der Waals surface area contributed by atoms with Crippen molar-refractivity contribution >= 4 is 5.97 Å². The lowest BCUT2D eigenvalue weighted by Crippen LogP contribution is -2.22. The van der Waals surface area contributed by atoms with Crippen molar-refractivity contribution in [2.45, 2.75) is 12.8 Å². The number of carboxylic acids is 1. The molecular weight excluding hydrogens is 162 g/mol. The van der Waals surface area contributed by atoms with Crippen LogP contribution in [0, 0.1) is 6.92 Å². The fourth-order valence-electron chi connectivity index (χ4n) is 0.887. The maximum absolute atomic E-state index is 10.6. The molecule has 1 unspecified atom stereocenters. The summed E-state index contributed by atoms with van der Waals surface area (Å²) in [5.41, 5.74) is 5.54. The SMILES string of the molecule is Cc1onnc1C(CN)C(=O)O. The predicted molar refractivity (Wildman–Crippen MR) is 38.5 cm³/mol. The molecule has 0 amide bonds. The van der Waals surface area contributed by atoms with Gasteiger partial charge in [0.15, 0.2) is 5.76 Å². The standard InChI is InChI=1S/C6H9N3O3/c1-3-5(8-9-12-3)4(2-7)6(10)11/h4H,2,7H2,1H3,(H,10,11). The van der Waals surface area contributed by atoms with E-state index < -0.39 is 11.9 Å². The van der Waals surface area contributed by atoms with Crippen molar-refractivity contribution in [3.05, 3.63) is 11.5 Å². The van der Waals surface area contributed by atoms with Crippen molar-refractivity contribution in [1.82, 2.24) is 10.4 Å². The third kappa shape index (κ3) is 1.42. The number of aliphatic carboxylic acids is 1. The molecule has 0 saturated heterocycles. The predicted octanol–water partition coefficient (Wildman–Crippen LogP) is -0.495. The zero-order chi connectivity index (χ0) is 9.14. The Kier molecular flexibility index (Phi) is 2.39. The Morgan fingerprint density at radius 3 is 2.83 bits per heavy atom. The number of aryl methyl sites for hydroxylation is 1. The van der Waals surface area contributed by atoms with E-state index in [2.05, 4.69) is 14.9 Å². The summed E-state index contributed by atoms with van der Waals surface area (Å²) in [5, 5.41) is 15.4. The summed E-state index contributed by atoms with van der Waals surface area (Å²) < 4.78 is 4.62. The lowest BCUT2D eigenvalue weighted by molar-refractivity contribution is -0.138. The van der Waals surface area contributed by atoms with Crippen molar-refractivity contribution in [1.29, 1.82) is 0 Å². The highest BCUT2D eigenvalue weighted by atomic mass is 16.5. The first kappa shape index (κ1) is 8.66. The molecule has 1 aromatic rings. The van der Waals surface area contributed by atoms with Gasteiger partial charge in [-0.2, -0.15) is 0 Å². The van der Waals surface area contributed by atoms with Crippen molar-refractivity contribution in [2.75, 3.05) is 6.54 Å². The van der Waals surface area contributed by atoms with E-state index in [0.29, 0.717) is 11.5 Å². The number of nitrogens with zero attached hydrogens (tertiary/aromatic N) is 2. The van der Waals surface area contributed by atoms with Gasteiger partial charge in [0.25, 0.3) is 0 Å². The maximum atomic E-state index is 10.6. The van der Waals surface area contributed by atoms with E-state index in [-0.39, 0.29) is 6.54 Å². The molecule has 0 fully saturated rings. The van der Waals surface area contributed by atoms with Crippen molar-refractivity contribution in [3.8, 4) is 0 Å². The summed E-state index contributed by atoms with van der Waals surface area (Å²) in [7, 11) is 0. The van der Waals surface area contributed by atoms with Gasteiger partial charge in [-0.05, 0) is 6.92 Å². The molecule has 1 heterocycles. The molecule has 66 valence electrons. The molecular formula is C6H9N3O3. The molecule has 1 atom stereocenters. The van der Waals surface area contributed by atoms with Gasteiger partial charge in [0, 0.05) is 11.8 Å². The van der Waals surface area contributed by atoms with Gasteiger partial charge in [0.2, 0.25) is 0 Å². The molecule has 0 saturated carbocycles. The van der Waals surface area contributed by atoms with Crippen LogP contribution >= 0.6 is 0 Å². The lowest BCUT2D eigenvalue weighted by Gasteiger charge is -2.04. The molecule has 6 heteroatoms. The van der Waals surface area contributed by atoms with E-state index in [4.69, 9.17) is 10.8 Å². The van der Waals surface area contributed by atoms with Crippen molar-refractivity contribution in [2.24, 2.45) is 5.73 Å². The number of hydrogen-bond donors (Lipinski definition) is 2. The Labute approximate surface area is 68.3 Å². The van der Waals surface area contributed by atoms with Crippen molar-refractivity contribution in [3.63, 3.8) is 0 Å². The molecule has 3 N–H and O–H groups in total. The average Bonchev–Trinajstić information content (AvgIpc) is 2.38. The first-order chi connectivity index (χ1) is 5.66. The van der Waals surface area contributed by atoms with Crippen LogP contribution in [0.15, 0.2) is 4.52 Å². The van der Waals surface area contributed by atoms with E-state index in [1.165, 1.54) is 0 Å². The second-order valence-electron chi connectivity index (χ2n) is 2.34. The minimum atomic E-state index is -1.02. The molecule has 0 bridgehead atoms. The van der Waals surface area contributed by atoms with E-state index in [9.17, 15) is 4.79 Å². The fraction of sp³-hybridized carbons (Fsp3) is 0.500. The van der Waals surface area contributed by atoms with Gasteiger partial charge in [-0.25, -0.2) is 0 Å². The zero-order valence-electron chi connectivity index (χ0n) is 6.52. The van der Waals surface area contributed by atoms with Crippen LogP contribution in [0.1, 0.15) is 17.4 Å². The minimum absolute atomic E-state index is 0.00954. The van der Waals surface area contributed by atoms with Gasteiger partial charge in [-0.1, -0.05) is 0 Å². The van der Waals surface area contributed by atoms with Crippen LogP contribution in [0.2, 0.25) is 0 Å². The van der Waals surface area contributed by atoms with E-state index in [0.717, 1.165) is 0 Å². The topological polar surface area (TPSA) is 102 Å². The second kappa shape index (κ2) is 3.31. The molecule has 6 nitrogen and oxygen atoms in total. The largest absolute Gasteiger partial charge is 0.481 e. The average molecular weight is 171 g/mol. The summed E-state index contributed by atoms with van der Waals surface area (Å²) in [5.74, 6) is -1.44.